The molecule has 160 valence electrons. The maximum absolute atomic E-state index is 14.4. The molecule has 0 fully saturated rings. The largest absolute Gasteiger partial charge is 0.431 e. The van der Waals surface area contributed by atoms with Crippen molar-refractivity contribution in [3.05, 3.63) is 55.6 Å². The second kappa shape index (κ2) is 8.36. The molecule has 0 atom stereocenters. The predicted octanol–water partition coefficient (Wildman–Crippen LogP) is 2.72. The van der Waals surface area contributed by atoms with Crippen molar-refractivity contribution in [1.82, 2.24) is 9.13 Å². The number of rotatable bonds is 6. The van der Waals surface area contributed by atoms with Crippen molar-refractivity contribution in [3.8, 4) is 5.69 Å². The molecular weight excluding hydrogens is 465 g/mol. The average Bonchev–Trinajstić information content (AvgIpc) is 2.59. The zero-order valence-corrected chi connectivity index (χ0v) is 16.9. The van der Waals surface area contributed by atoms with E-state index in [1.54, 1.807) is 0 Å². The maximum atomic E-state index is 14.4. The van der Waals surface area contributed by atoms with Gasteiger partial charge < -0.3 is 0 Å². The second-order valence-corrected chi connectivity index (χ2v) is 8.42. The molecule has 7 nitrogen and oxygen atoms in total. The van der Waals surface area contributed by atoms with Crippen molar-refractivity contribution in [1.29, 1.82) is 0 Å². The number of nitrogens with zero attached hydrogens (tertiary/aromatic N) is 2. The third-order valence-electron chi connectivity index (χ3n) is 3.70. The van der Waals surface area contributed by atoms with Gasteiger partial charge in [0.15, 0.2) is 0 Å². The van der Waals surface area contributed by atoms with Crippen molar-refractivity contribution in [2.45, 2.75) is 12.6 Å². The van der Waals surface area contributed by atoms with Gasteiger partial charge in [0.2, 0.25) is 10.0 Å². The number of benzene rings is 1. The highest BCUT2D eigenvalue weighted by molar-refractivity contribution is 7.92. The lowest BCUT2D eigenvalue weighted by atomic mass is 10.2. The van der Waals surface area contributed by atoms with E-state index in [-0.39, 0.29) is 38.9 Å². The lowest BCUT2D eigenvalue weighted by Gasteiger charge is -2.16. The summed E-state index contributed by atoms with van der Waals surface area (Å²) in [6, 6.07) is 1.49. The molecule has 0 bridgehead atoms. The standard InChI is InChI=1S/C15H13Cl2F4N3O4S/c1-23-12(15(19,20)21)7-13(25)24(14(23)26)11-6-10(8(17)5-9(11)18)22-29(27,28)4-2-3-16/h5-7,22H,2-4H2,1H3. The summed E-state index contributed by atoms with van der Waals surface area (Å²) in [5.74, 6) is -1.56. The zero-order valence-electron chi connectivity index (χ0n) is 14.6. The molecule has 0 spiro atoms. The van der Waals surface area contributed by atoms with Gasteiger partial charge >= 0.3 is 11.9 Å². The number of aromatic nitrogens is 2. The molecular formula is C15H13Cl2F4N3O4S. The van der Waals surface area contributed by atoms with Gasteiger partial charge in [-0.05, 0) is 18.6 Å². The van der Waals surface area contributed by atoms with Crippen LogP contribution in [0.3, 0.4) is 0 Å². The molecule has 1 aromatic carbocycles. The molecule has 29 heavy (non-hydrogen) atoms. The normalized spacial score (nSPS) is 12.2. The summed E-state index contributed by atoms with van der Waals surface area (Å²) in [7, 11) is -3.19. The Labute approximate surface area is 171 Å². The molecule has 0 aliphatic heterocycles. The van der Waals surface area contributed by atoms with E-state index in [9.17, 15) is 35.6 Å². The Balaban J connectivity index is 2.67. The van der Waals surface area contributed by atoms with Crippen LogP contribution in [0.2, 0.25) is 5.02 Å². The van der Waals surface area contributed by atoms with Crippen LogP contribution in [0, 0.1) is 5.82 Å². The van der Waals surface area contributed by atoms with Gasteiger partial charge in [0.25, 0.3) is 5.56 Å². The Morgan fingerprint density at radius 3 is 2.34 bits per heavy atom. The van der Waals surface area contributed by atoms with Crippen LogP contribution in [0.5, 0.6) is 0 Å². The Hall–Kier alpha value is -2.05. The minimum Gasteiger partial charge on any atom is -0.292 e. The van der Waals surface area contributed by atoms with Crippen LogP contribution < -0.4 is 16.0 Å². The van der Waals surface area contributed by atoms with Crippen LogP contribution in [-0.4, -0.2) is 29.2 Å². The highest BCUT2D eigenvalue weighted by atomic mass is 35.5. The second-order valence-electron chi connectivity index (χ2n) is 5.79. The van der Waals surface area contributed by atoms with E-state index in [4.69, 9.17) is 23.2 Å². The first-order valence-electron chi connectivity index (χ1n) is 7.74. The van der Waals surface area contributed by atoms with Crippen molar-refractivity contribution < 1.29 is 26.0 Å². The number of hydrogen-bond acceptors (Lipinski definition) is 4. The first kappa shape index (κ1) is 23.2. The number of alkyl halides is 4. The van der Waals surface area contributed by atoms with Gasteiger partial charge in [-0.1, -0.05) is 11.6 Å². The molecule has 0 saturated heterocycles. The van der Waals surface area contributed by atoms with Gasteiger partial charge in [-0.2, -0.15) is 13.2 Å². The van der Waals surface area contributed by atoms with Crippen molar-refractivity contribution in [3.63, 3.8) is 0 Å². The van der Waals surface area contributed by atoms with Crippen LogP contribution in [0.15, 0.2) is 27.8 Å². The number of hydrogen-bond donors (Lipinski definition) is 1. The molecule has 0 aliphatic carbocycles. The minimum absolute atomic E-state index is 0.0559. The van der Waals surface area contributed by atoms with Crippen LogP contribution in [-0.2, 0) is 23.2 Å². The van der Waals surface area contributed by atoms with E-state index >= 15 is 0 Å². The predicted molar refractivity (Wildman–Crippen MR) is 100.0 cm³/mol. The molecule has 0 radical (unpaired) electrons. The zero-order chi connectivity index (χ0) is 22.1. The molecule has 0 unspecified atom stereocenters. The van der Waals surface area contributed by atoms with E-state index < -0.39 is 49.7 Å². The summed E-state index contributed by atoms with van der Waals surface area (Å²) in [6.07, 6.45) is -4.89. The fourth-order valence-corrected chi connectivity index (χ4v) is 4.05. The smallest absolute Gasteiger partial charge is 0.292 e. The summed E-state index contributed by atoms with van der Waals surface area (Å²) in [4.78, 5) is 24.4. The van der Waals surface area contributed by atoms with E-state index in [1.165, 1.54) is 0 Å². The summed E-state index contributed by atoms with van der Waals surface area (Å²) in [6.45, 7) is 0. The third-order valence-corrected chi connectivity index (χ3v) is 5.64. The van der Waals surface area contributed by atoms with Gasteiger partial charge in [0.05, 0.1) is 22.2 Å². The molecule has 2 aromatic rings. The van der Waals surface area contributed by atoms with Crippen LogP contribution >= 0.6 is 23.2 Å². The average molecular weight is 478 g/mol. The van der Waals surface area contributed by atoms with E-state index in [1.807, 2.05) is 0 Å². The van der Waals surface area contributed by atoms with Gasteiger partial charge in [-0.3, -0.25) is 14.1 Å². The highest BCUT2D eigenvalue weighted by Crippen LogP contribution is 2.29. The number of sulfonamides is 1. The molecule has 2 rings (SSSR count). The quantitative estimate of drug-likeness (QED) is 0.511. The lowest BCUT2D eigenvalue weighted by molar-refractivity contribution is -0.144. The van der Waals surface area contributed by atoms with E-state index in [0.29, 0.717) is 6.07 Å². The van der Waals surface area contributed by atoms with Crippen LogP contribution in [0.25, 0.3) is 5.69 Å². The fraction of sp³-hybridized carbons (Fsp3) is 0.333. The number of halogens is 6. The minimum atomic E-state index is -4.99. The van der Waals surface area contributed by atoms with Gasteiger partial charge in [0.1, 0.15) is 11.5 Å². The molecule has 1 aromatic heterocycles. The van der Waals surface area contributed by atoms with Gasteiger partial charge in [0, 0.05) is 19.0 Å². The number of anilines is 1. The Kier molecular flexibility index (Phi) is 6.70. The topological polar surface area (TPSA) is 90.2 Å². The van der Waals surface area contributed by atoms with Crippen molar-refractivity contribution >= 4 is 38.9 Å². The SMILES string of the molecule is Cn1c(C(F)(F)F)cc(=O)n(-c2cc(NS(=O)(=O)CCCCl)c(Cl)cc2F)c1=O. The van der Waals surface area contributed by atoms with E-state index in [2.05, 4.69) is 4.72 Å². The Morgan fingerprint density at radius 1 is 1.17 bits per heavy atom. The summed E-state index contributed by atoms with van der Waals surface area (Å²) in [5.41, 5.74) is -5.62. The van der Waals surface area contributed by atoms with E-state index in [0.717, 1.165) is 13.1 Å². The van der Waals surface area contributed by atoms with Crippen molar-refractivity contribution in [2.75, 3.05) is 16.4 Å². The molecule has 1 heterocycles. The molecule has 1 N–H and O–H groups in total. The van der Waals surface area contributed by atoms with Gasteiger partial charge in [-0.15, -0.1) is 11.6 Å². The Bertz CT molecular complexity index is 1160. The highest BCUT2D eigenvalue weighted by Gasteiger charge is 2.35. The molecule has 0 aliphatic rings. The molecule has 14 heteroatoms. The monoisotopic (exact) mass is 477 g/mol. The lowest BCUT2D eigenvalue weighted by Crippen LogP contribution is -2.41. The van der Waals surface area contributed by atoms with Crippen LogP contribution in [0.1, 0.15) is 12.1 Å². The summed E-state index contributed by atoms with van der Waals surface area (Å²) < 4.78 is 79.5. The fourth-order valence-electron chi connectivity index (χ4n) is 2.37. The number of nitrogens with one attached hydrogen (secondary N) is 1. The maximum Gasteiger partial charge on any atom is 0.431 e. The van der Waals surface area contributed by atoms with Gasteiger partial charge in [-0.25, -0.2) is 22.2 Å². The third kappa shape index (κ3) is 5.11. The van der Waals surface area contributed by atoms with Crippen molar-refractivity contribution in [2.24, 2.45) is 7.05 Å². The molecule has 0 amide bonds. The summed E-state index contributed by atoms with van der Waals surface area (Å²) in [5, 5.41) is -0.391. The summed E-state index contributed by atoms with van der Waals surface area (Å²) >= 11 is 11.3. The van der Waals surface area contributed by atoms with Crippen LogP contribution in [0.4, 0.5) is 23.2 Å². The first-order valence-corrected chi connectivity index (χ1v) is 10.3. The Morgan fingerprint density at radius 2 is 1.79 bits per heavy atom. The molecule has 0 saturated carbocycles. The first-order chi connectivity index (χ1) is 13.3.